The van der Waals surface area contributed by atoms with Crippen LogP contribution < -0.4 is 11.1 Å². The summed E-state index contributed by atoms with van der Waals surface area (Å²) in [6.07, 6.45) is 7.04. The molecule has 3 nitrogen and oxygen atoms in total. The summed E-state index contributed by atoms with van der Waals surface area (Å²) in [5.41, 5.74) is 8.56. The van der Waals surface area contributed by atoms with E-state index in [0.717, 1.165) is 19.3 Å². The number of hydrogen-bond donors (Lipinski definition) is 2. The SMILES string of the molecule is Cc1ccc(C23CC4CC(CC(C(=O)NCC(C)(C)N)(C4)C2)C3)cc1.Cl. The molecule has 0 saturated heterocycles. The lowest BCUT2D eigenvalue weighted by atomic mass is 9.42. The number of aryl methyl sites for hydroxylation is 1. The third-order valence-electron chi connectivity index (χ3n) is 6.91. The topological polar surface area (TPSA) is 55.1 Å². The number of benzene rings is 1. The first-order valence-electron chi connectivity index (χ1n) is 9.84. The highest BCUT2D eigenvalue weighted by atomic mass is 35.5. The van der Waals surface area contributed by atoms with E-state index >= 15 is 0 Å². The maximum Gasteiger partial charge on any atom is 0.226 e. The Kier molecular flexibility index (Phi) is 4.94. The Morgan fingerprint density at radius 2 is 1.73 bits per heavy atom. The molecule has 144 valence electrons. The van der Waals surface area contributed by atoms with Crippen LogP contribution in [0.4, 0.5) is 0 Å². The Hall–Kier alpha value is -1.06. The molecule has 2 unspecified atom stereocenters. The maximum atomic E-state index is 13.2. The zero-order valence-corrected chi connectivity index (χ0v) is 17.1. The zero-order chi connectivity index (χ0) is 17.9. The highest BCUT2D eigenvalue weighted by Gasteiger charge is 2.60. The quantitative estimate of drug-likeness (QED) is 0.830. The molecule has 1 aromatic rings. The fourth-order valence-electron chi connectivity index (χ4n) is 6.27. The van der Waals surface area contributed by atoms with Gasteiger partial charge in [-0.3, -0.25) is 4.79 Å². The minimum Gasteiger partial charge on any atom is -0.354 e. The van der Waals surface area contributed by atoms with Crippen molar-refractivity contribution in [2.45, 2.75) is 70.3 Å². The lowest BCUT2D eigenvalue weighted by Crippen LogP contribution is -2.60. The molecule has 26 heavy (non-hydrogen) atoms. The minimum absolute atomic E-state index is 0. The van der Waals surface area contributed by atoms with Crippen molar-refractivity contribution in [1.29, 1.82) is 0 Å². The molecule has 4 heteroatoms. The Labute approximate surface area is 163 Å². The van der Waals surface area contributed by atoms with Gasteiger partial charge in [0.2, 0.25) is 5.91 Å². The van der Waals surface area contributed by atoms with Crippen molar-refractivity contribution < 1.29 is 4.79 Å². The third-order valence-corrected chi connectivity index (χ3v) is 6.91. The number of nitrogens with two attached hydrogens (primary N) is 1. The molecule has 3 N–H and O–H groups in total. The lowest BCUT2D eigenvalue weighted by molar-refractivity contribution is -0.149. The first-order chi connectivity index (χ1) is 11.7. The van der Waals surface area contributed by atoms with Crippen LogP contribution in [0.1, 0.15) is 63.5 Å². The van der Waals surface area contributed by atoms with E-state index in [1.807, 2.05) is 13.8 Å². The first-order valence-corrected chi connectivity index (χ1v) is 9.84. The van der Waals surface area contributed by atoms with Crippen LogP contribution in [0.15, 0.2) is 24.3 Å². The van der Waals surface area contributed by atoms with Crippen molar-refractivity contribution >= 4 is 18.3 Å². The molecule has 1 amide bonds. The van der Waals surface area contributed by atoms with Crippen molar-refractivity contribution in [3.63, 3.8) is 0 Å². The van der Waals surface area contributed by atoms with Gasteiger partial charge in [-0.2, -0.15) is 0 Å². The van der Waals surface area contributed by atoms with Gasteiger partial charge in [-0.15, -0.1) is 12.4 Å². The molecule has 5 rings (SSSR count). The maximum absolute atomic E-state index is 13.2. The number of amides is 1. The van der Waals surface area contributed by atoms with Crippen molar-refractivity contribution in [2.75, 3.05) is 6.54 Å². The van der Waals surface area contributed by atoms with E-state index in [-0.39, 0.29) is 34.7 Å². The Morgan fingerprint density at radius 3 is 2.27 bits per heavy atom. The number of halogens is 1. The van der Waals surface area contributed by atoms with Gasteiger partial charge in [0.05, 0.1) is 5.41 Å². The van der Waals surface area contributed by atoms with Crippen LogP contribution in [0, 0.1) is 24.2 Å². The molecule has 4 aliphatic rings. The van der Waals surface area contributed by atoms with E-state index in [2.05, 4.69) is 36.5 Å². The smallest absolute Gasteiger partial charge is 0.226 e. The molecule has 4 fully saturated rings. The van der Waals surface area contributed by atoms with Crippen LogP contribution in [-0.2, 0) is 10.2 Å². The molecule has 2 atom stereocenters. The van der Waals surface area contributed by atoms with Crippen LogP contribution in [0.2, 0.25) is 0 Å². The van der Waals surface area contributed by atoms with Crippen molar-refractivity contribution in [1.82, 2.24) is 5.32 Å². The summed E-state index contributed by atoms with van der Waals surface area (Å²) in [6, 6.07) is 9.10. The van der Waals surface area contributed by atoms with Crippen LogP contribution in [0.25, 0.3) is 0 Å². The van der Waals surface area contributed by atoms with Crippen molar-refractivity contribution in [3.8, 4) is 0 Å². The Bertz CT molecular complexity index is 662. The summed E-state index contributed by atoms with van der Waals surface area (Å²) in [4.78, 5) is 13.2. The lowest BCUT2D eigenvalue weighted by Gasteiger charge is -2.61. The minimum atomic E-state index is -0.355. The van der Waals surface area contributed by atoms with Crippen LogP contribution >= 0.6 is 12.4 Å². The summed E-state index contributed by atoms with van der Waals surface area (Å²) < 4.78 is 0. The summed E-state index contributed by atoms with van der Waals surface area (Å²) >= 11 is 0. The van der Waals surface area contributed by atoms with Gasteiger partial charge in [-0.1, -0.05) is 29.8 Å². The average molecular weight is 377 g/mol. The highest BCUT2D eigenvalue weighted by molar-refractivity contribution is 5.85. The highest BCUT2D eigenvalue weighted by Crippen LogP contribution is 2.65. The largest absolute Gasteiger partial charge is 0.354 e. The third kappa shape index (κ3) is 3.41. The molecule has 0 spiro atoms. The first kappa shape index (κ1) is 19.7. The van der Waals surface area contributed by atoms with Gasteiger partial charge >= 0.3 is 0 Å². The van der Waals surface area contributed by atoms with E-state index in [4.69, 9.17) is 5.73 Å². The second-order valence-corrected chi connectivity index (χ2v) is 10.1. The van der Waals surface area contributed by atoms with E-state index in [1.165, 1.54) is 30.4 Å². The van der Waals surface area contributed by atoms with Crippen molar-refractivity contribution in [3.05, 3.63) is 35.4 Å². The molecule has 4 aliphatic carbocycles. The standard InChI is InChI=1S/C22H32N2O.ClH/c1-15-4-6-18(7-5-15)21-9-16-8-17(10-21)12-22(11-16,13-21)19(25)24-14-20(2,3)23;/h4-7,16-17H,8-14,23H2,1-3H3,(H,24,25);1H. The van der Waals surface area contributed by atoms with Crippen LogP contribution in [-0.4, -0.2) is 18.0 Å². The zero-order valence-electron chi connectivity index (χ0n) is 16.3. The molecule has 4 bridgehead atoms. The van der Waals surface area contributed by atoms with Gasteiger partial charge in [-0.05, 0) is 82.1 Å². The normalized spacial score (nSPS) is 35.1. The average Bonchev–Trinajstić information content (AvgIpc) is 2.51. The molecular weight excluding hydrogens is 344 g/mol. The summed E-state index contributed by atoms with van der Waals surface area (Å²) in [5, 5.41) is 3.19. The summed E-state index contributed by atoms with van der Waals surface area (Å²) in [7, 11) is 0. The van der Waals surface area contributed by atoms with Crippen LogP contribution in [0.3, 0.4) is 0 Å². The fraction of sp³-hybridized carbons (Fsp3) is 0.682. The molecule has 4 saturated carbocycles. The van der Waals surface area contributed by atoms with Gasteiger partial charge in [0.15, 0.2) is 0 Å². The molecule has 1 aromatic carbocycles. The van der Waals surface area contributed by atoms with Crippen molar-refractivity contribution in [2.24, 2.45) is 23.0 Å². The van der Waals surface area contributed by atoms with Gasteiger partial charge in [-0.25, -0.2) is 0 Å². The number of nitrogens with one attached hydrogen (secondary N) is 1. The molecule has 0 aromatic heterocycles. The van der Waals surface area contributed by atoms with E-state index in [0.29, 0.717) is 18.4 Å². The van der Waals surface area contributed by atoms with Gasteiger partial charge in [0, 0.05) is 12.1 Å². The second-order valence-electron chi connectivity index (χ2n) is 10.1. The number of rotatable bonds is 4. The number of carbonyl (C=O) groups excluding carboxylic acids is 1. The Balaban J connectivity index is 0.00000196. The van der Waals surface area contributed by atoms with E-state index < -0.39 is 0 Å². The summed E-state index contributed by atoms with van der Waals surface area (Å²) in [5.74, 6) is 1.68. The molecular formula is C22H33ClN2O. The second kappa shape index (κ2) is 6.53. The van der Waals surface area contributed by atoms with Gasteiger partial charge < -0.3 is 11.1 Å². The molecule has 0 aliphatic heterocycles. The van der Waals surface area contributed by atoms with Gasteiger partial charge in [0.1, 0.15) is 0 Å². The predicted octanol–water partition coefficient (Wildman–Crippen LogP) is 4.11. The van der Waals surface area contributed by atoms with E-state index in [9.17, 15) is 4.79 Å². The fourth-order valence-corrected chi connectivity index (χ4v) is 6.27. The Morgan fingerprint density at radius 1 is 1.15 bits per heavy atom. The predicted molar refractivity (Wildman–Crippen MR) is 108 cm³/mol. The monoisotopic (exact) mass is 376 g/mol. The number of carbonyl (C=O) groups is 1. The molecule has 0 heterocycles. The molecule has 0 radical (unpaired) electrons. The van der Waals surface area contributed by atoms with Gasteiger partial charge in [0.25, 0.3) is 0 Å². The number of hydrogen-bond acceptors (Lipinski definition) is 2. The summed E-state index contributed by atoms with van der Waals surface area (Å²) in [6.45, 7) is 6.65. The van der Waals surface area contributed by atoms with Crippen LogP contribution in [0.5, 0.6) is 0 Å². The van der Waals surface area contributed by atoms with E-state index in [1.54, 1.807) is 0 Å².